The van der Waals surface area contributed by atoms with E-state index in [1.165, 1.54) is 24.3 Å². The molecule has 118 valence electrons. The van der Waals surface area contributed by atoms with E-state index in [0.717, 1.165) is 12.2 Å². The van der Waals surface area contributed by atoms with Gasteiger partial charge in [-0.3, -0.25) is 4.79 Å². The van der Waals surface area contributed by atoms with Gasteiger partial charge in [0.2, 0.25) is 10.0 Å². The molecule has 1 aromatic carbocycles. The normalized spacial score (nSPS) is 11.3. The topological polar surface area (TPSA) is 92.7 Å². The number of nitrogens with one attached hydrogen (secondary N) is 1. The predicted octanol–water partition coefficient (Wildman–Crippen LogP) is 1.57. The van der Waals surface area contributed by atoms with Crippen molar-refractivity contribution >= 4 is 27.8 Å². The summed E-state index contributed by atoms with van der Waals surface area (Å²) in [4.78, 5) is 10.5. The lowest BCUT2D eigenvalue weighted by atomic mass is 10.3. The Kier molecular flexibility index (Phi) is 7.55. The van der Waals surface area contributed by atoms with E-state index < -0.39 is 16.0 Å². The van der Waals surface area contributed by atoms with Gasteiger partial charge in [-0.05, 0) is 42.7 Å². The van der Waals surface area contributed by atoms with Gasteiger partial charge in [0.25, 0.3) is 0 Å². The van der Waals surface area contributed by atoms with Crippen LogP contribution >= 0.6 is 11.8 Å². The molecule has 1 aromatic rings. The number of ether oxygens (including phenoxy) is 1. The average Bonchev–Trinajstić information content (AvgIpc) is 2.44. The molecule has 6 nitrogen and oxygen atoms in total. The van der Waals surface area contributed by atoms with E-state index in [2.05, 4.69) is 4.72 Å². The summed E-state index contributed by atoms with van der Waals surface area (Å²) in [7, 11) is -3.50. The van der Waals surface area contributed by atoms with E-state index in [4.69, 9.17) is 9.84 Å². The van der Waals surface area contributed by atoms with Gasteiger partial charge >= 0.3 is 5.97 Å². The molecule has 0 aliphatic carbocycles. The van der Waals surface area contributed by atoms with Crippen LogP contribution in [0.2, 0.25) is 0 Å². The molecule has 0 unspecified atom stereocenters. The molecule has 0 saturated heterocycles. The summed E-state index contributed by atoms with van der Waals surface area (Å²) in [5.41, 5.74) is 0. The van der Waals surface area contributed by atoms with E-state index in [1.807, 2.05) is 6.26 Å². The van der Waals surface area contributed by atoms with Crippen LogP contribution in [-0.4, -0.2) is 44.7 Å². The number of hydrogen-bond acceptors (Lipinski definition) is 5. The van der Waals surface area contributed by atoms with Crippen LogP contribution in [-0.2, 0) is 14.8 Å². The van der Waals surface area contributed by atoms with Crippen LogP contribution < -0.4 is 9.46 Å². The number of thioether (sulfide) groups is 1. The van der Waals surface area contributed by atoms with Gasteiger partial charge in [-0.25, -0.2) is 13.1 Å². The van der Waals surface area contributed by atoms with Crippen molar-refractivity contribution < 1.29 is 23.1 Å². The van der Waals surface area contributed by atoms with Crippen molar-refractivity contribution in [1.29, 1.82) is 0 Å². The fraction of sp³-hybridized carbons (Fsp3) is 0.462. The van der Waals surface area contributed by atoms with Crippen molar-refractivity contribution in [2.75, 3.05) is 25.2 Å². The number of hydrogen-bond donors (Lipinski definition) is 2. The molecule has 0 aliphatic heterocycles. The van der Waals surface area contributed by atoms with E-state index in [1.54, 1.807) is 11.8 Å². The van der Waals surface area contributed by atoms with Gasteiger partial charge in [0.1, 0.15) is 5.75 Å². The molecule has 0 aromatic heterocycles. The van der Waals surface area contributed by atoms with Crippen molar-refractivity contribution in [3.8, 4) is 5.75 Å². The van der Waals surface area contributed by atoms with Crippen LogP contribution in [0, 0.1) is 0 Å². The number of carboxylic acid groups (broad SMARTS) is 1. The number of rotatable bonds is 10. The molecule has 1 rings (SSSR count). The molecule has 8 heteroatoms. The number of carbonyl (C=O) groups is 1. The minimum absolute atomic E-state index is 0.0500. The summed E-state index contributed by atoms with van der Waals surface area (Å²) in [6.45, 7) is 0.453. The monoisotopic (exact) mass is 333 g/mol. The van der Waals surface area contributed by atoms with Gasteiger partial charge in [-0.2, -0.15) is 11.8 Å². The summed E-state index contributed by atoms with van der Waals surface area (Å²) >= 11 is 1.67. The fourth-order valence-electron chi connectivity index (χ4n) is 1.48. The fourth-order valence-corrected chi connectivity index (χ4v) is 2.98. The second-order valence-electron chi connectivity index (χ2n) is 4.21. The predicted molar refractivity (Wildman–Crippen MR) is 82.4 cm³/mol. The van der Waals surface area contributed by atoms with Crippen LogP contribution in [0.3, 0.4) is 0 Å². The Morgan fingerprint density at radius 1 is 1.33 bits per heavy atom. The maximum Gasteiger partial charge on any atom is 0.306 e. The first-order valence-corrected chi connectivity index (χ1v) is 9.26. The lowest BCUT2D eigenvalue weighted by Crippen LogP contribution is -2.25. The van der Waals surface area contributed by atoms with Crippen molar-refractivity contribution in [3.05, 3.63) is 24.3 Å². The van der Waals surface area contributed by atoms with Gasteiger partial charge in [0, 0.05) is 6.54 Å². The zero-order valence-corrected chi connectivity index (χ0v) is 13.4. The summed E-state index contributed by atoms with van der Waals surface area (Å²) in [5.74, 6) is 0.403. The highest BCUT2D eigenvalue weighted by Gasteiger charge is 2.13. The summed E-state index contributed by atoms with van der Waals surface area (Å²) in [6, 6.07) is 5.90. The lowest BCUT2D eigenvalue weighted by molar-refractivity contribution is -0.137. The third-order valence-electron chi connectivity index (χ3n) is 2.54. The number of benzene rings is 1. The molecular formula is C13H19NO5S2. The highest BCUT2D eigenvalue weighted by molar-refractivity contribution is 7.98. The SMILES string of the molecule is CSCCCNS(=O)(=O)c1ccc(OCCC(=O)O)cc1. The molecule has 0 bridgehead atoms. The van der Waals surface area contributed by atoms with Crippen molar-refractivity contribution in [2.24, 2.45) is 0 Å². The maximum absolute atomic E-state index is 12.0. The Labute approximate surface area is 128 Å². The number of sulfonamides is 1. The standard InChI is InChI=1S/C13H19NO5S2/c1-20-10-2-8-14-21(17,18)12-5-3-11(4-6-12)19-9-7-13(15)16/h3-6,14H,2,7-10H2,1H3,(H,15,16). The Bertz CT molecular complexity index is 542. The average molecular weight is 333 g/mol. The number of aliphatic carboxylic acids is 1. The van der Waals surface area contributed by atoms with Crippen LogP contribution in [0.1, 0.15) is 12.8 Å². The zero-order valence-electron chi connectivity index (χ0n) is 11.7. The second kappa shape index (κ2) is 8.91. The molecule has 0 saturated carbocycles. The van der Waals surface area contributed by atoms with Crippen LogP contribution in [0.15, 0.2) is 29.2 Å². The van der Waals surface area contributed by atoms with Gasteiger partial charge in [0.15, 0.2) is 0 Å². The second-order valence-corrected chi connectivity index (χ2v) is 6.96. The largest absolute Gasteiger partial charge is 0.493 e. The molecule has 0 amide bonds. The summed E-state index contributed by atoms with van der Waals surface area (Å²) in [5, 5.41) is 8.49. The third kappa shape index (κ3) is 6.83. The quantitative estimate of drug-likeness (QED) is 0.631. The molecule has 0 aliphatic rings. The third-order valence-corrected chi connectivity index (χ3v) is 4.71. The van der Waals surface area contributed by atoms with Crippen molar-refractivity contribution in [3.63, 3.8) is 0 Å². The van der Waals surface area contributed by atoms with E-state index in [0.29, 0.717) is 12.3 Å². The number of carboxylic acids is 1. The van der Waals surface area contributed by atoms with Gasteiger partial charge in [-0.1, -0.05) is 0 Å². The van der Waals surface area contributed by atoms with Crippen LogP contribution in [0.25, 0.3) is 0 Å². The van der Waals surface area contributed by atoms with Gasteiger partial charge in [0.05, 0.1) is 17.9 Å². The van der Waals surface area contributed by atoms with Gasteiger partial charge in [-0.15, -0.1) is 0 Å². The van der Waals surface area contributed by atoms with Crippen molar-refractivity contribution in [2.45, 2.75) is 17.7 Å². The van der Waals surface area contributed by atoms with Crippen molar-refractivity contribution in [1.82, 2.24) is 4.72 Å². The van der Waals surface area contributed by atoms with E-state index in [9.17, 15) is 13.2 Å². The Morgan fingerprint density at radius 2 is 2.00 bits per heavy atom. The molecule has 0 spiro atoms. The molecule has 2 N–H and O–H groups in total. The molecule has 0 atom stereocenters. The highest BCUT2D eigenvalue weighted by Crippen LogP contribution is 2.16. The first kappa shape index (κ1) is 17.8. The molecule has 21 heavy (non-hydrogen) atoms. The first-order chi connectivity index (χ1) is 9.95. The van der Waals surface area contributed by atoms with Gasteiger partial charge < -0.3 is 9.84 Å². The minimum atomic E-state index is -3.50. The van der Waals surface area contributed by atoms with E-state index >= 15 is 0 Å². The minimum Gasteiger partial charge on any atom is -0.493 e. The maximum atomic E-state index is 12.0. The Morgan fingerprint density at radius 3 is 2.57 bits per heavy atom. The summed E-state index contributed by atoms with van der Waals surface area (Å²) in [6.07, 6.45) is 2.64. The highest BCUT2D eigenvalue weighted by atomic mass is 32.2. The summed E-state index contributed by atoms with van der Waals surface area (Å²) < 4.78 is 31.7. The lowest BCUT2D eigenvalue weighted by Gasteiger charge is -2.08. The Balaban J connectivity index is 2.53. The Hall–Kier alpha value is -1.25. The molecule has 0 heterocycles. The molecular weight excluding hydrogens is 314 g/mol. The van der Waals surface area contributed by atoms with Crippen LogP contribution in [0.4, 0.5) is 0 Å². The molecule has 0 fully saturated rings. The smallest absolute Gasteiger partial charge is 0.306 e. The molecule has 0 radical (unpaired) electrons. The first-order valence-electron chi connectivity index (χ1n) is 6.39. The zero-order chi connectivity index (χ0) is 15.7. The van der Waals surface area contributed by atoms with Crippen LogP contribution in [0.5, 0.6) is 5.75 Å². The van der Waals surface area contributed by atoms with E-state index in [-0.39, 0.29) is 17.9 Å².